The first-order valence-corrected chi connectivity index (χ1v) is 39.8. The van der Waals surface area contributed by atoms with Gasteiger partial charge in [-0.3, -0.25) is 0 Å². The zero-order valence-corrected chi connectivity index (χ0v) is 71.5. The summed E-state index contributed by atoms with van der Waals surface area (Å²) in [6, 6.07) is 29.3. The number of phenolic OH excluding ortho intramolecular Hbond substituents is 25. The van der Waals surface area contributed by atoms with Gasteiger partial charge in [0.05, 0.1) is 62.2 Å². The number of phenols is 25. The molecular weight excluding hydrogens is 1880 g/mol. The third-order valence-corrected chi connectivity index (χ3v) is 19.9. The summed E-state index contributed by atoms with van der Waals surface area (Å²) in [7, 11) is 4.12. The molecule has 48 heteroatoms. The highest BCUT2D eigenvalue weighted by molar-refractivity contribution is 6.00. The Labute approximate surface area is 785 Å². The molecule has 0 radical (unpaired) electrons. The summed E-state index contributed by atoms with van der Waals surface area (Å²) in [6.07, 6.45) is -15.0. The SMILES string of the molecule is CN(C)CCOC(c1ccccc1)c1ccccc1.O=C(OC[C@H]1O[C@@H](OC(=O)c2cc(O)c(O)c(OC(=O)c3cc(O)c(O)c(O)c3)c2)[C@H](OC(=O)c2cc(O)c(O)c(OC(=O)c3cc(O)c(O)c(O)c3)c2)[C@@H](OC(=O)c2cc(O)c(O)c(OC(=O)c3cc(O)c(O)c(O)c3)c2)[C@@H]1OC(=O)c1cc(O)c(O)c(OC(=O)c2cc(O)c(O)c(O)c2)c1)c1cc(O)c(O)c(OC(=O)c2cc(O)c(O)c(O)c2)c1. The van der Waals surface area contributed by atoms with Gasteiger partial charge in [-0.15, -0.1) is 0 Å². The first kappa shape index (κ1) is 100. The fourth-order valence-electron chi connectivity index (χ4n) is 12.8. The van der Waals surface area contributed by atoms with Crippen molar-refractivity contribution in [2.75, 3.05) is 33.9 Å². The van der Waals surface area contributed by atoms with Gasteiger partial charge in [0.2, 0.25) is 41.1 Å². The minimum atomic E-state index is -3.12. The molecule has 25 N–H and O–H groups in total. The summed E-state index contributed by atoms with van der Waals surface area (Å²) in [6.45, 7) is -0.0575. The number of rotatable bonds is 27. The van der Waals surface area contributed by atoms with E-state index in [1.807, 2.05) is 12.1 Å². The molecule has 12 aromatic rings. The van der Waals surface area contributed by atoms with Gasteiger partial charge in [-0.1, -0.05) is 60.7 Å². The molecule has 1 heterocycles. The molecule has 0 aromatic heterocycles. The van der Waals surface area contributed by atoms with Crippen LogP contribution in [-0.4, -0.2) is 257 Å². The second-order valence-corrected chi connectivity index (χ2v) is 30.0. The largest absolute Gasteiger partial charge is 0.504 e. The molecule has 1 saturated heterocycles. The second kappa shape index (κ2) is 41.8. The van der Waals surface area contributed by atoms with Gasteiger partial charge in [-0.2, -0.15) is 0 Å². The maximum Gasteiger partial charge on any atom is 0.343 e. The van der Waals surface area contributed by atoms with E-state index >= 15 is 14.4 Å². The Hall–Kier alpha value is -19.8. The Bertz CT molecular complexity index is 6820. The third kappa shape index (κ3) is 22.8. The molecule has 732 valence electrons. The standard InChI is InChI=1S/C76H52O46.C17H21NO/c77-32-1-22(2-33(78)53(32)92)67(103)113-47-16-27(11-42(87)58(47)97)66(102)112-21-52-63(119-72(108)28-12-43(88)59(98)48(17-28)114-68(104)23-3-34(79)54(93)35(80)4-23)64(120-73(109)29-13-44(89)60(99)49(18-29)115-69(105)24-5-36(81)55(94)37(82)6-24)65(121-74(110)30-14-45(90)61(100)50(19-30)116-70(106)25-7-38(83)56(95)39(84)8-25)76(118-52)122-75(111)31-15-46(91)62(101)51(20-31)117-71(107)26-9-40(85)57(96)41(86)10-26;1-18(2)13-14-19-17(15-9-5-3-6-10-15)16-11-7-4-8-12-16/h1-20,52,63-65,76-101H,21H2;3-12,17H,13-14H2,1-2H3/t52-,63-,64+,65-,76+;/m1./s1. The Balaban J connectivity index is 0.000000831. The van der Waals surface area contributed by atoms with Gasteiger partial charge >= 0.3 is 59.7 Å². The third-order valence-electron chi connectivity index (χ3n) is 19.9. The lowest BCUT2D eigenvalue weighted by molar-refractivity contribution is -0.282. The summed E-state index contributed by atoms with van der Waals surface area (Å²) in [5.74, 6) is -56.0. The van der Waals surface area contributed by atoms with Gasteiger partial charge in [0.1, 0.15) is 18.8 Å². The van der Waals surface area contributed by atoms with Crippen molar-refractivity contribution >= 4 is 59.7 Å². The van der Waals surface area contributed by atoms with Crippen LogP contribution in [0, 0.1) is 0 Å². The van der Waals surface area contributed by atoms with Crippen LogP contribution in [0.2, 0.25) is 0 Å². The second-order valence-electron chi connectivity index (χ2n) is 30.0. The van der Waals surface area contributed by atoms with Crippen molar-refractivity contribution < 1.29 is 232 Å². The minimum absolute atomic E-state index is 0.0161. The van der Waals surface area contributed by atoms with E-state index in [0.717, 1.165) is 13.2 Å². The van der Waals surface area contributed by atoms with Gasteiger partial charge in [-0.05, 0) is 147 Å². The number of hydrogen-bond acceptors (Lipinski definition) is 48. The van der Waals surface area contributed by atoms with Crippen LogP contribution in [0.15, 0.2) is 182 Å². The van der Waals surface area contributed by atoms with E-state index in [2.05, 4.69) is 67.5 Å². The molecule has 0 amide bonds. The van der Waals surface area contributed by atoms with Gasteiger partial charge in [0, 0.05) is 6.54 Å². The van der Waals surface area contributed by atoms with Crippen LogP contribution >= 0.6 is 0 Å². The number of carbonyl (C=O) groups excluding carboxylic acids is 10. The molecular formula is C93H73NO47. The quantitative estimate of drug-likeness (QED) is 0.00997. The predicted molar refractivity (Wildman–Crippen MR) is 462 cm³/mol. The molecule has 48 nitrogen and oxygen atoms in total. The number of likely N-dealkylation sites (N-methyl/N-ethyl adjacent to an activating group) is 1. The first-order valence-electron chi connectivity index (χ1n) is 39.8. The van der Waals surface area contributed by atoms with Crippen molar-refractivity contribution in [3.8, 4) is 172 Å². The molecule has 141 heavy (non-hydrogen) atoms. The van der Waals surface area contributed by atoms with Crippen LogP contribution in [0.1, 0.15) is 121 Å². The van der Waals surface area contributed by atoms with E-state index in [-0.39, 0.29) is 6.10 Å². The van der Waals surface area contributed by atoms with Crippen molar-refractivity contribution in [3.63, 3.8) is 0 Å². The van der Waals surface area contributed by atoms with E-state index in [9.17, 15) is 161 Å². The fraction of sp³-hybridized carbons (Fsp3) is 0.118. The topological polar surface area (TPSA) is 790 Å². The van der Waals surface area contributed by atoms with Gasteiger partial charge in [0.15, 0.2) is 156 Å². The van der Waals surface area contributed by atoms with E-state index in [1.54, 1.807) is 0 Å². The van der Waals surface area contributed by atoms with E-state index in [0.29, 0.717) is 121 Å². The maximum absolute atomic E-state index is 15.3. The molecule has 0 aliphatic carbocycles. The maximum atomic E-state index is 15.3. The summed E-state index contributed by atoms with van der Waals surface area (Å²) in [5, 5.41) is 261. The minimum Gasteiger partial charge on any atom is -0.504 e. The van der Waals surface area contributed by atoms with Crippen LogP contribution < -0.4 is 23.7 Å². The van der Waals surface area contributed by atoms with Crippen molar-refractivity contribution in [2.45, 2.75) is 36.8 Å². The average Bonchev–Trinajstić information content (AvgIpc) is 0.761. The average molecular weight is 1960 g/mol. The summed E-state index contributed by atoms with van der Waals surface area (Å²) in [5.41, 5.74) is -7.49. The molecule has 0 saturated carbocycles. The van der Waals surface area contributed by atoms with Gasteiger partial charge in [-0.25, -0.2) is 47.9 Å². The molecule has 5 atom stereocenters. The Kier molecular flexibility index (Phi) is 29.7. The number of nitrogens with zero attached hydrogens (tertiary/aromatic N) is 1. The van der Waals surface area contributed by atoms with Crippen molar-refractivity contribution in [2.24, 2.45) is 0 Å². The van der Waals surface area contributed by atoms with Crippen LogP contribution in [0.4, 0.5) is 0 Å². The number of hydrogen-bond donors (Lipinski definition) is 25. The lowest BCUT2D eigenvalue weighted by atomic mass is 9.97. The van der Waals surface area contributed by atoms with Crippen LogP contribution in [-0.2, 0) is 33.2 Å². The van der Waals surface area contributed by atoms with E-state index < -0.39 is 325 Å². The smallest absolute Gasteiger partial charge is 0.343 e. The summed E-state index contributed by atoms with van der Waals surface area (Å²) in [4.78, 5) is 145. The zero-order chi connectivity index (χ0) is 103. The Morgan fingerprint density at radius 3 is 0.723 bits per heavy atom. The molecule has 1 fully saturated rings. The number of esters is 10. The van der Waals surface area contributed by atoms with Gasteiger partial charge in [0.25, 0.3) is 0 Å². The molecule has 0 bridgehead atoms. The number of ether oxygens (including phenoxy) is 12. The Morgan fingerprint density at radius 2 is 0.475 bits per heavy atom. The first-order chi connectivity index (χ1) is 66.6. The summed E-state index contributed by atoms with van der Waals surface area (Å²) >= 11 is 0. The molecule has 12 aromatic carbocycles. The highest BCUT2D eigenvalue weighted by atomic mass is 16.8. The Morgan fingerprint density at radius 1 is 0.262 bits per heavy atom. The normalized spacial score (nSPS) is 14.2. The molecule has 0 unspecified atom stereocenters. The van der Waals surface area contributed by atoms with E-state index in [1.165, 1.54) is 11.1 Å². The summed E-state index contributed by atoms with van der Waals surface area (Å²) < 4.78 is 66.5. The van der Waals surface area contributed by atoms with Crippen molar-refractivity contribution in [3.05, 3.63) is 249 Å². The monoisotopic (exact) mass is 1960 g/mol. The van der Waals surface area contributed by atoms with Crippen molar-refractivity contribution in [1.82, 2.24) is 4.90 Å². The van der Waals surface area contributed by atoms with Crippen molar-refractivity contribution in [1.29, 1.82) is 0 Å². The van der Waals surface area contributed by atoms with E-state index in [4.69, 9.17) is 56.8 Å². The van der Waals surface area contributed by atoms with Crippen LogP contribution in [0.5, 0.6) is 172 Å². The highest BCUT2D eigenvalue weighted by Gasteiger charge is 2.55. The lowest BCUT2D eigenvalue weighted by Crippen LogP contribution is -2.63. The lowest BCUT2D eigenvalue weighted by Gasteiger charge is -2.43. The molecule has 13 rings (SSSR count). The molecule has 1 aliphatic heterocycles. The zero-order valence-electron chi connectivity index (χ0n) is 71.5. The number of carbonyl (C=O) groups is 10. The predicted octanol–water partition coefficient (Wildman–Crippen LogP) is 8.19. The molecule has 1 aliphatic rings. The number of aromatic hydroxyl groups is 25. The fourth-order valence-corrected chi connectivity index (χ4v) is 12.8. The number of benzene rings is 12. The molecule has 0 spiro atoms. The van der Waals surface area contributed by atoms with Crippen LogP contribution in [0.25, 0.3) is 0 Å². The van der Waals surface area contributed by atoms with Crippen LogP contribution in [0.3, 0.4) is 0 Å². The highest BCUT2D eigenvalue weighted by Crippen LogP contribution is 2.48. The van der Waals surface area contributed by atoms with Gasteiger partial charge < -0.3 is 189 Å².